The maximum absolute atomic E-state index is 13.0. The van der Waals surface area contributed by atoms with Gasteiger partial charge in [0.2, 0.25) is 0 Å². The first kappa shape index (κ1) is 67.8. The fraction of sp³-hybridized carbons (Fsp3) is 0.831. The lowest BCUT2D eigenvalue weighted by molar-refractivity contribution is -0.117. The molecule has 0 aromatic rings. The van der Waals surface area contributed by atoms with Gasteiger partial charge >= 0.3 is 0 Å². The van der Waals surface area contributed by atoms with Gasteiger partial charge in [0.15, 0.2) is 10.2 Å². The number of aliphatic hydroxyl groups excluding tert-OH is 4. The van der Waals surface area contributed by atoms with Crippen LogP contribution in [0.4, 0.5) is 0 Å². The Morgan fingerprint density at radius 2 is 0.594 bits per heavy atom. The lowest BCUT2D eigenvalue weighted by atomic mass is 10.1. The average Bonchev–Trinajstić information content (AvgIpc) is 3.31. The van der Waals surface area contributed by atoms with Gasteiger partial charge in [0, 0.05) is 50.8 Å². The van der Waals surface area contributed by atoms with Crippen molar-refractivity contribution in [2.24, 2.45) is 0 Å². The number of thioether (sulfide) groups is 2. The third-order valence-electron chi connectivity index (χ3n) is 12.7. The molecule has 0 radical (unpaired) electrons. The first-order chi connectivity index (χ1) is 33.6. The number of unbranched alkanes of at least 4 members (excludes halogenated alkanes) is 24. The Hall–Kier alpha value is -1.24. The Labute approximate surface area is 434 Å². The Morgan fingerprint density at radius 3 is 0.841 bits per heavy atom. The van der Waals surface area contributed by atoms with Crippen LogP contribution in [-0.2, 0) is 9.59 Å². The van der Waals surface area contributed by atoms with Crippen LogP contribution in [-0.4, -0.2) is 116 Å². The predicted molar refractivity (Wildman–Crippen MR) is 303 cm³/mol. The molecule has 0 rings (SSSR count). The molecule has 4 atom stereocenters. The smallest absolute Gasteiger partial charge is 0.197 e. The molecule has 0 amide bonds. The molecule has 0 heterocycles. The van der Waals surface area contributed by atoms with Gasteiger partial charge in [0.05, 0.1) is 30.8 Å². The highest BCUT2D eigenvalue weighted by Crippen LogP contribution is 2.16. The molecule has 0 aromatic heterocycles. The molecule has 0 spiro atoms. The zero-order chi connectivity index (χ0) is 50.7. The van der Waals surface area contributed by atoms with Crippen molar-refractivity contribution >= 4 is 33.8 Å². The summed E-state index contributed by atoms with van der Waals surface area (Å²) in [5.41, 5.74) is 0. The third-order valence-corrected chi connectivity index (χ3v) is 14.4. The molecule has 0 saturated heterocycles. The molecule has 10 heteroatoms. The van der Waals surface area contributed by atoms with E-state index in [0.29, 0.717) is 76.5 Å². The second-order valence-electron chi connectivity index (χ2n) is 19.8. The van der Waals surface area contributed by atoms with E-state index < -0.39 is 24.4 Å². The van der Waals surface area contributed by atoms with Crippen LogP contribution in [0, 0.1) is 0 Å². The number of rotatable bonds is 52. The van der Waals surface area contributed by atoms with Crippen molar-refractivity contribution in [3.05, 3.63) is 48.6 Å². The fourth-order valence-corrected chi connectivity index (χ4v) is 10.2. The van der Waals surface area contributed by atoms with E-state index in [-0.39, 0.29) is 16.7 Å². The zero-order valence-corrected chi connectivity index (χ0v) is 46.9. The van der Waals surface area contributed by atoms with Gasteiger partial charge in [-0.1, -0.05) is 228 Å². The van der Waals surface area contributed by atoms with Crippen LogP contribution < -0.4 is 0 Å². The van der Waals surface area contributed by atoms with Crippen molar-refractivity contribution in [3.8, 4) is 0 Å². The van der Waals surface area contributed by atoms with Crippen molar-refractivity contribution in [3.63, 3.8) is 0 Å². The maximum Gasteiger partial charge on any atom is 0.197 e. The van der Waals surface area contributed by atoms with Crippen molar-refractivity contribution in [1.82, 2.24) is 9.80 Å². The molecular formula is C59H110N2O6S2. The van der Waals surface area contributed by atoms with Gasteiger partial charge in [-0.3, -0.25) is 19.4 Å². The second kappa shape index (κ2) is 53.1. The number of hydrogen-bond donors (Lipinski definition) is 4. The van der Waals surface area contributed by atoms with Gasteiger partial charge in [0.1, 0.15) is 0 Å². The quantitative estimate of drug-likeness (QED) is 0.0266. The Balaban J connectivity index is 5.15. The highest BCUT2D eigenvalue weighted by atomic mass is 32.2. The number of aliphatic hydroxyl groups is 4. The van der Waals surface area contributed by atoms with Crippen LogP contribution >= 0.6 is 23.5 Å². The lowest BCUT2D eigenvalue weighted by Crippen LogP contribution is -2.39. The number of carbonyl (C=O) groups is 2. The van der Waals surface area contributed by atoms with Gasteiger partial charge in [-0.05, 0) is 77.0 Å². The van der Waals surface area contributed by atoms with E-state index >= 15 is 0 Å². The molecule has 0 aliphatic rings. The maximum atomic E-state index is 13.0. The Bertz CT molecular complexity index is 1080. The molecule has 8 nitrogen and oxygen atoms in total. The SMILES string of the molecule is CCCCCCCC/C=C\CC(O)CN(CCSC(=O)CC(=O)SCCN(CC(O)C/C=C\CCCCCCCC)CC(O)C/C=C\CCCCCCCC)CC(O)C/C=C\CCCCCCCC. The van der Waals surface area contributed by atoms with Crippen LogP contribution in [0.2, 0.25) is 0 Å². The van der Waals surface area contributed by atoms with Crippen LogP contribution in [0.25, 0.3) is 0 Å². The number of allylic oxidation sites excluding steroid dienone is 4. The van der Waals surface area contributed by atoms with Gasteiger partial charge in [-0.25, -0.2) is 0 Å². The molecule has 0 aliphatic heterocycles. The van der Waals surface area contributed by atoms with Crippen molar-refractivity contribution in [2.75, 3.05) is 50.8 Å². The van der Waals surface area contributed by atoms with Crippen LogP contribution in [0.15, 0.2) is 48.6 Å². The van der Waals surface area contributed by atoms with Gasteiger partial charge in [0.25, 0.3) is 0 Å². The normalized spacial score (nSPS) is 14.2. The average molecular weight is 1010 g/mol. The van der Waals surface area contributed by atoms with Gasteiger partial charge in [-0.15, -0.1) is 0 Å². The van der Waals surface area contributed by atoms with Gasteiger partial charge in [-0.2, -0.15) is 0 Å². The predicted octanol–water partition coefficient (Wildman–Crippen LogP) is 14.7. The van der Waals surface area contributed by atoms with E-state index in [1.165, 1.54) is 154 Å². The van der Waals surface area contributed by atoms with E-state index in [0.717, 1.165) is 49.2 Å². The molecule has 4 N–H and O–H groups in total. The highest BCUT2D eigenvalue weighted by Gasteiger charge is 2.19. The molecule has 4 unspecified atom stereocenters. The van der Waals surface area contributed by atoms with Crippen molar-refractivity contribution in [2.45, 2.75) is 264 Å². The second-order valence-corrected chi connectivity index (χ2v) is 22.1. The summed E-state index contributed by atoms with van der Waals surface area (Å²) in [4.78, 5) is 30.2. The first-order valence-electron chi connectivity index (χ1n) is 28.7. The molecule has 0 fully saturated rings. The van der Waals surface area contributed by atoms with E-state index in [1.807, 2.05) is 0 Å². The Morgan fingerprint density at radius 1 is 0.362 bits per heavy atom. The molecule has 69 heavy (non-hydrogen) atoms. The Kier molecular flexibility index (Phi) is 52.1. The highest BCUT2D eigenvalue weighted by molar-refractivity contribution is 8.15. The van der Waals surface area contributed by atoms with Crippen LogP contribution in [0.3, 0.4) is 0 Å². The fourth-order valence-electron chi connectivity index (χ4n) is 8.46. The molecule has 404 valence electrons. The minimum Gasteiger partial charge on any atom is -0.391 e. The summed E-state index contributed by atoms with van der Waals surface area (Å²) in [7, 11) is 0. The summed E-state index contributed by atoms with van der Waals surface area (Å²) in [6, 6.07) is 0. The lowest BCUT2D eigenvalue weighted by Gasteiger charge is -2.26. The van der Waals surface area contributed by atoms with E-state index in [2.05, 4.69) is 86.1 Å². The summed E-state index contributed by atoms with van der Waals surface area (Å²) < 4.78 is 0. The summed E-state index contributed by atoms with van der Waals surface area (Å²) >= 11 is 2.30. The van der Waals surface area contributed by atoms with E-state index in [4.69, 9.17) is 0 Å². The molecule has 0 bridgehead atoms. The third kappa shape index (κ3) is 50.1. The minimum atomic E-state index is -0.570. The standard InChI is InChI=1S/C59H110N2O6S2/c1-5-9-13-17-21-25-29-33-37-41-54(62)50-60(51-55(63)42-38-34-30-26-22-18-14-10-6-2)45-47-68-58(66)49-59(67)69-48-46-61(52-56(64)43-39-35-31-27-23-19-15-11-7-3)53-57(65)44-40-36-32-28-24-20-16-12-8-4/h33-40,54-57,62-65H,5-32,41-53H2,1-4H3/b37-33-,38-34-,39-35-,40-36-. The largest absolute Gasteiger partial charge is 0.391 e. The van der Waals surface area contributed by atoms with Crippen LogP contribution in [0.1, 0.15) is 240 Å². The number of carbonyl (C=O) groups excluding carboxylic acids is 2. The van der Waals surface area contributed by atoms with Crippen molar-refractivity contribution < 1.29 is 30.0 Å². The summed E-state index contributed by atoms with van der Waals surface area (Å²) in [5, 5.41) is 43.5. The first-order valence-corrected chi connectivity index (χ1v) is 30.7. The zero-order valence-electron chi connectivity index (χ0n) is 45.2. The van der Waals surface area contributed by atoms with E-state index in [9.17, 15) is 30.0 Å². The van der Waals surface area contributed by atoms with Crippen molar-refractivity contribution in [1.29, 1.82) is 0 Å². The summed E-state index contributed by atoms with van der Waals surface area (Å²) in [6.45, 7) is 11.6. The summed E-state index contributed by atoms with van der Waals surface area (Å²) in [6.07, 6.45) is 51.2. The molecular weight excluding hydrogens is 897 g/mol. The molecule has 0 aromatic carbocycles. The van der Waals surface area contributed by atoms with E-state index in [1.54, 1.807) is 0 Å². The number of nitrogens with zero attached hydrogens (tertiary/aromatic N) is 2. The monoisotopic (exact) mass is 1010 g/mol. The molecule has 0 saturated carbocycles. The molecule has 0 aliphatic carbocycles. The van der Waals surface area contributed by atoms with Gasteiger partial charge < -0.3 is 20.4 Å². The summed E-state index contributed by atoms with van der Waals surface area (Å²) in [5.74, 6) is 0.949. The number of hydrogen-bond acceptors (Lipinski definition) is 10. The van der Waals surface area contributed by atoms with Crippen LogP contribution in [0.5, 0.6) is 0 Å². The minimum absolute atomic E-state index is 0.161. The topological polar surface area (TPSA) is 122 Å².